The fourth-order valence-electron chi connectivity index (χ4n) is 12.4. The fourth-order valence-corrected chi connectivity index (χ4v) is 12.4. The number of hydroxylamine groups is 1. The number of carbonyl (C=O) groups excluding carboxylic acids is 4. The van der Waals surface area contributed by atoms with E-state index in [4.69, 9.17) is 42.6 Å². The summed E-state index contributed by atoms with van der Waals surface area (Å²) in [6, 6.07) is 5.51. The van der Waals surface area contributed by atoms with E-state index in [-0.39, 0.29) is 31.4 Å². The SMILES string of the molecule is COC[C@]12C=[N+]([O-])C3[C@@H]4[C@H](OC)[C@H]1[C@@]3([C@@H](OC)C[C@H]2OC(C)=O)[C@@H]1C[C@]2(OC(C)=O)[C@@H](OC)C[C@@]4(OC(C)=O)[C@H]1[C@H]2OC(=O)c1ccc(OC)cc1. The number of hydrogen-bond donors (Lipinski definition) is 0. The maximum absolute atomic E-state index is 14.9. The Kier molecular flexibility index (Phi) is 8.91. The van der Waals surface area contributed by atoms with Gasteiger partial charge in [-0.05, 0) is 36.6 Å². The first-order valence-corrected chi connectivity index (χ1v) is 17.6. The first kappa shape index (κ1) is 36.6. The minimum atomic E-state index is -1.55. The average molecular weight is 730 g/mol. The van der Waals surface area contributed by atoms with Crippen LogP contribution in [0.1, 0.15) is 50.4 Å². The Hall–Kier alpha value is -3.79. The van der Waals surface area contributed by atoms with Gasteiger partial charge in [0.05, 0.1) is 42.8 Å². The van der Waals surface area contributed by atoms with Gasteiger partial charge in [-0.15, -0.1) is 0 Å². The Labute approximate surface area is 301 Å². The highest BCUT2D eigenvalue weighted by atomic mass is 16.6. The molecule has 15 heteroatoms. The third kappa shape index (κ3) is 4.61. The van der Waals surface area contributed by atoms with Crippen LogP contribution in [0, 0.1) is 39.7 Å². The predicted molar refractivity (Wildman–Crippen MR) is 177 cm³/mol. The minimum Gasteiger partial charge on any atom is -0.624 e. The first-order valence-electron chi connectivity index (χ1n) is 17.6. The van der Waals surface area contributed by atoms with E-state index in [0.717, 1.165) is 4.74 Å². The van der Waals surface area contributed by atoms with Crippen LogP contribution in [0.15, 0.2) is 24.3 Å². The predicted octanol–water partition coefficient (Wildman–Crippen LogP) is 2.09. The van der Waals surface area contributed by atoms with E-state index in [0.29, 0.717) is 5.75 Å². The van der Waals surface area contributed by atoms with E-state index in [2.05, 4.69) is 0 Å². The van der Waals surface area contributed by atoms with Crippen LogP contribution in [-0.4, -0.2) is 125 Å². The van der Waals surface area contributed by atoms with Crippen LogP contribution in [0.5, 0.6) is 5.75 Å². The summed E-state index contributed by atoms with van der Waals surface area (Å²) in [5.74, 6) is -4.83. The second-order valence-corrected chi connectivity index (χ2v) is 15.2. The van der Waals surface area contributed by atoms with Crippen molar-refractivity contribution in [3.05, 3.63) is 35.0 Å². The van der Waals surface area contributed by atoms with Crippen molar-refractivity contribution >= 4 is 30.1 Å². The van der Waals surface area contributed by atoms with Gasteiger partial charge in [-0.25, -0.2) is 9.53 Å². The Morgan fingerprint density at radius 3 is 2.00 bits per heavy atom. The summed E-state index contributed by atoms with van der Waals surface area (Å²) in [6.07, 6.45) is -2.63. The Morgan fingerprint density at radius 2 is 1.44 bits per heavy atom. The lowest BCUT2D eigenvalue weighted by Crippen LogP contribution is -2.76. The van der Waals surface area contributed by atoms with Crippen molar-refractivity contribution in [1.29, 1.82) is 0 Å². The van der Waals surface area contributed by atoms with Crippen molar-refractivity contribution in [3.8, 4) is 5.75 Å². The van der Waals surface area contributed by atoms with Gasteiger partial charge in [0.15, 0.2) is 24.0 Å². The summed E-state index contributed by atoms with van der Waals surface area (Å²) in [5, 5.41) is 14.9. The third-order valence-electron chi connectivity index (χ3n) is 13.3. The van der Waals surface area contributed by atoms with Gasteiger partial charge in [0.25, 0.3) is 0 Å². The second kappa shape index (κ2) is 12.7. The van der Waals surface area contributed by atoms with E-state index in [1.807, 2.05) is 0 Å². The molecule has 0 radical (unpaired) electrons. The molecule has 1 aromatic rings. The van der Waals surface area contributed by atoms with E-state index in [1.165, 1.54) is 42.1 Å². The maximum atomic E-state index is 14.9. The Balaban J connectivity index is 1.51. The molecule has 15 nitrogen and oxygen atoms in total. The highest BCUT2D eigenvalue weighted by molar-refractivity contribution is 5.90. The molecule has 0 amide bonds. The van der Waals surface area contributed by atoms with E-state index >= 15 is 0 Å². The minimum absolute atomic E-state index is 0.00451. The Morgan fingerprint density at radius 1 is 0.788 bits per heavy atom. The molecule has 7 bridgehead atoms. The smallest absolute Gasteiger partial charge is 0.338 e. The number of benzene rings is 1. The van der Waals surface area contributed by atoms with E-state index in [1.54, 1.807) is 44.7 Å². The molecule has 52 heavy (non-hydrogen) atoms. The molecule has 284 valence electrons. The number of esters is 4. The molecule has 1 spiro atoms. The molecule has 0 N–H and O–H groups in total. The molecule has 5 fully saturated rings. The lowest BCUT2D eigenvalue weighted by atomic mass is 9.43. The van der Waals surface area contributed by atoms with Crippen LogP contribution in [0.2, 0.25) is 0 Å². The van der Waals surface area contributed by atoms with Gasteiger partial charge in [-0.3, -0.25) is 14.4 Å². The van der Waals surface area contributed by atoms with Crippen LogP contribution >= 0.6 is 0 Å². The molecule has 7 rings (SSSR count). The van der Waals surface area contributed by atoms with Crippen molar-refractivity contribution < 1.29 is 66.5 Å². The highest BCUT2D eigenvalue weighted by Crippen LogP contribution is 2.80. The van der Waals surface area contributed by atoms with Gasteiger partial charge >= 0.3 is 23.9 Å². The van der Waals surface area contributed by atoms with E-state index < -0.39 is 106 Å². The molecule has 1 aliphatic heterocycles. The number of hydrogen-bond acceptors (Lipinski definition) is 14. The van der Waals surface area contributed by atoms with Gasteiger partial charge in [-0.1, -0.05) is 0 Å². The molecular weight excluding hydrogens is 682 g/mol. The van der Waals surface area contributed by atoms with Gasteiger partial charge in [0.2, 0.25) is 0 Å². The molecule has 5 aliphatic carbocycles. The van der Waals surface area contributed by atoms with Gasteiger partial charge in [0, 0.05) is 73.9 Å². The topological polar surface area (TPSA) is 177 Å². The van der Waals surface area contributed by atoms with E-state index in [9.17, 15) is 24.4 Å². The zero-order valence-corrected chi connectivity index (χ0v) is 30.7. The normalized spacial score (nSPS) is 43.2. The molecule has 0 aromatic heterocycles. The summed E-state index contributed by atoms with van der Waals surface area (Å²) < 4.78 is 56.3. The molecule has 1 unspecified atom stereocenters. The maximum Gasteiger partial charge on any atom is 0.338 e. The van der Waals surface area contributed by atoms with Crippen LogP contribution < -0.4 is 4.74 Å². The summed E-state index contributed by atoms with van der Waals surface area (Å²) in [4.78, 5) is 53.2. The van der Waals surface area contributed by atoms with Crippen LogP contribution in [0.25, 0.3) is 0 Å². The molecular formula is C37H47NO14. The summed E-state index contributed by atoms with van der Waals surface area (Å²) in [5.41, 5.74) is -5.17. The zero-order chi connectivity index (χ0) is 37.5. The summed E-state index contributed by atoms with van der Waals surface area (Å²) >= 11 is 0. The lowest BCUT2D eigenvalue weighted by Gasteiger charge is -2.64. The van der Waals surface area contributed by atoms with Crippen LogP contribution in [-0.2, 0) is 52.3 Å². The first-order chi connectivity index (χ1) is 24.8. The van der Waals surface area contributed by atoms with Gasteiger partial charge < -0.3 is 47.8 Å². The van der Waals surface area contributed by atoms with Crippen molar-refractivity contribution in [2.24, 2.45) is 34.5 Å². The van der Waals surface area contributed by atoms with Gasteiger partial charge in [-0.2, -0.15) is 0 Å². The number of nitrogens with zero attached hydrogens (tertiary/aromatic N) is 1. The van der Waals surface area contributed by atoms with Crippen molar-refractivity contribution in [2.45, 2.75) is 87.8 Å². The quantitative estimate of drug-likeness (QED) is 0.140. The standard InChI is InChI=1S/C37H47NO14/c1-18(39)49-24-13-25(46-6)37-23-14-35(51-19(2)40)26(47-7)15-36(52-20(3)41,27(23)32(35)50-33(42)21-9-11-22(45-5)12-10-21)28-29(48-8)30(37)34(24,17-44-4)16-38(43)31(28)37/h9-12,16,23-32H,13-15,17H2,1-8H3/t23-,24-,25+,26+,27-,28+,29+,30-,31?,32-,34+,35+,36-,37+/m1/s1. The van der Waals surface area contributed by atoms with Crippen molar-refractivity contribution in [1.82, 2.24) is 0 Å². The number of rotatable bonds is 11. The summed E-state index contributed by atoms with van der Waals surface area (Å²) in [7, 11) is 7.59. The molecule has 1 heterocycles. The fraction of sp³-hybridized carbons (Fsp3) is 0.703. The highest BCUT2D eigenvalue weighted by Gasteiger charge is 2.93. The number of carbonyl (C=O) groups is 4. The van der Waals surface area contributed by atoms with Crippen molar-refractivity contribution in [2.75, 3.05) is 42.2 Å². The zero-order valence-electron chi connectivity index (χ0n) is 30.7. The molecule has 1 aromatic carbocycles. The molecule has 6 aliphatic rings. The number of methoxy groups -OCH3 is 5. The second-order valence-electron chi connectivity index (χ2n) is 15.2. The average Bonchev–Trinajstić information content (AvgIpc) is 3.49. The van der Waals surface area contributed by atoms with Gasteiger partial charge in [0.1, 0.15) is 29.0 Å². The van der Waals surface area contributed by atoms with Crippen molar-refractivity contribution in [3.63, 3.8) is 0 Å². The molecule has 14 atom stereocenters. The number of fused-ring (bicyclic) bond motifs is 2. The molecule has 5 saturated carbocycles. The Bertz CT molecular complexity index is 1670. The summed E-state index contributed by atoms with van der Waals surface area (Å²) in [6.45, 7) is 3.88. The lowest BCUT2D eigenvalue weighted by molar-refractivity contribution is -0.562. The van der Waals surface area contributed by atoms with Crippen LogP contribution in [0.4, 0.5) is 0 Å². The monoisotopic (exact) mass is 729 g/mol. The van der Waals surface area contributed by atoms with Crippen LogP contribution in [0.3, 0.4) is 0 Å². The largest absolute Gasteiger partial charge is 0.624 e. The number of ether oxygens (including phenoxy) is 9. The molecule has 0 saturated heterocycles. The third-order valence-corrected chi connectivity index (χ3v) is 13.3.